The summed E-state index contributed by atoms with van der Waals surface area (Å²) in [7, 11) is 0.0624. The Bertz CT molecular complexity index is 574. The van der Waals surface area contributed by atoms with Crippen LogP contribution in [0.4, 0.5) is 0 Å². The summed E-state index contributed by atoms with van der Waals surface area (Å²) in [6, 6.07) is 0.276. The van der Waals surface area contributed by atoms with Crippen LogP contribution in [0.5, 0.6) is 0 Å². The highest BCUT2D eigenvalue weighted by Crippen LogP contribution is 2.10. The monoisotopic (exact) mass is 504 g/mol. The molecule has 26 heavy (non-hydrogen) atoms. The number of likely N-dealkylation sites (tertiary alicyclic amines) is 1. The molecule has 1 fully saturated rings. The molecule has 0 unspecified atom stereocenters. The number of rotatable bonds is 7. The Kier molecular flexibility index (Phi) is 11.0. The highest BCUT2D eigenvalue weighted by Gasteiger charge is 2.24. The van der Waals surface area contributed by atoms with Crippen molar-refractivity contribution in [3.63, 3.8) is 0 Å². The molecule has 0 radical (unpaired) electrons. The zero-order chi connectivity index (χ0) is 19.1. The minimum absolute atomic E-state index is 0. The molecule has 1 saturated heterocycles. The fourth-order valence-corrected chi connectivity index (χ4v) is 3.82. The van der Waals surface area contributed by atoms with Crippen LogP contribution in [0.2, 0.25) is 0 Å². The van der Waals surface area contributed by atoms with Crippen LogP contribution in [-0.4, -0.2) is 83.3 Å². The largest absolute Gasteiger partial charge is 0.358 e. The number of carbonyl (C=O) groups excluding carboxylic acids is 1. The predicted molar refractivity (Wildman–Crippen MR) is 115 cm³/mol. The van der Waals surface area contributed by atoms with Crippen molar-refractivity contribution in [1.29, 1.82) is 0 Å². The van der Waals surface area contributed by atoms with Crippen molar-refractivity contribution < 1.29 is 13.2 Å². The third-order valence-corrected chi connectivity index (χ3v) is 4.88. The normalized spacial score (nSPS) is 17.3. The maximum Gasteiger partial charge on any atom is 0.233 e. The van der Waals surface area contributed by atoms with E-state index >= 15 is 0 Å². The minimum Gasteiger partial charge on any atom is -0.358 e. The number of carbonyl (C=O) groups is 1. The molecule has 0 saturated carbocycles. The van der Waals surface area contributed by atoms with Gasteiger partial charge in [-0.15, -0.1) is 24.0 Å². The van der Waals surface area contributed by atoms with Gasteiger partial charge in [0.1, 0.15) is 0 Å². The molecule has 0 aliphatic carbocycles. The van der Waals surface area contributed by atoms with Gasteiger partial charge in [-0.1, -0.05) is 0 Å². The smallest absolute Gasteiger partial charge is 0.233 e. The summed E-state index contributed by atoms with van der Waals surface area (Å²) < 4.78 is 25.4. The summed E-state index contributed by atoms with van der Waals surface area (Å²) >= 11 is 0. The van der Waals surface area contributed by atoms with Crippen molar-refractivity contribution in [3.05, 3.63) is 0 Å². The van der Waals surface area contributed by atoms with Gasteiger partial charge in [0.15, 0.2) is 5.96 Å². The first-order chi connectivity index (χ1) is 11.5. The highest BCUT2D eigenvalue weighted by molar-refractivity contribution is 14.0. The van der Waals surface area contributed by atoms with Crippen LogP contribution in [-0.2, 0) is 14.8 Å². The van der Waals surface area contributed by atoms with Gasteiger partial charge in [-0.2, -0.15) is 0 Å². The van der Waals surface area contributed by atoms with Crippen molar-refractivity contribution in [3.8, 4) is 0 Å². The van der Waals surface area contributed by atoms with Crippen LogP contribution in [0.25, 0.3) is 0 Å². The molecule has 0 bridgehead atoms. The molecule has 0 aromatic carbocycles. The number of nitrogens with one attached hydrogen (secondary N) is 4. The van der Waals surface area contributed by atoms with Gasteiger partial charge in [-0.25, -0.2) is 13.1 Å². The SMILES string of the molecule is CN=C(NCC(C)(C)NS(C)(=O)=O)NC1CCN(CC(=O)NC)CC1.I. The van der Waals surface area contributed by atoms with Crippen molar-refractivity contribution in [2.45, 2.75) is 38.3 Å². The molecule has 0 atom stereocenters. The van der Waals surface area contributed by atoms with Gasteiger partial charge in [0.25, 0.3) is 0 Å². The number of hydrogen-bond acceptors (Lipinski definition) is 5. The fourth-order valence-electron chi connectivity index (χ4n) is 2.75. The Balaban J connectivity index is 0.00000625. The Morgan fingerprint density at radius 3 is 2.31 bits per heavy atom. The first-order valence-electron chi connectivity index (χ1n) is 8.44. The summed E-state index contributed by atoms with van der Waals surface area (Å²) in [6.45, 7) is 6.17. The Morgan fingerprint density at radius 2 is 1.85 bits per heavy atom. The van der Waals surface area contributed by atoms with E-state index in [2.05, 4.69) is 30.6 Å². The lowest BCUT2D eigenvalue weighted by Crippen LogP contribution is -2.55. The zero-order valence-electron chi connectivity index (χ0n) is 16.3. The molecular formula is C15H33IN6O3S. The van der Waals surface area contributed by atoms with Gasteiger partial charge in [0, 0.05) is 45.3 Å². The molecule has 1 aliphatic rings. The average molecular weight is 504 g/mol. The number of guanidine groups is 1. The van der Waals surface area contributed by atoms with Crippen LogP contribution in [0, 0.1) is 0 Å². The molecule has 4 N–H and O–H groups in total. The van der Waals surface area contributed by atoms with Gasteiger partial charge >= 0.3 is 0 Å². The first kappa shape index (κ1) is 25.3. The number of halogens is 1. The third kappa shape index (κ3) is 10.5. The van der Waals surface area contributed by atoms with E-state index in [9.17, 15) is 13.2 Å². The molecule has 0 aromatic heterocycles. The number of sulfonamides is 1. The van der Waals surface area contributed by atoms with Crippen LogP contribution in [0.15, 0.2) is 4.99 Å². The van der Waals surface area contributed by atoms with E-state index < -0.39 is 15.6 Å². The lowest BCUT2D eigenvalue weighted by molar-refractivity contribution is -0.122. The van der Waals surface area contributed by atoms with Gasteiger partial charge < -0.3 is 16.0 Å². The topological polar surface area (TPSA) is 115 Å². The summed E-state index contributed by atoms with van der Waals surface area (Å²) in [6.07, 6.45) is 2.99. The molecular weight excluding hydrogens is 471 g/mol. The lowest BCUT2D eigenvalue weighted by Gasteiger charge is -2.33. The molecule has 0 aromatic rings. The molecule has 1 amide bonds. The van der Waals surface area contributed by atoms with Crippen molar-refractivity contribution >= 4 is 45.9 Å². The molecule has 9 nitrogen and oxygen atoms in total. The Morgan fingerprint density at radius 1 is 1.27 bits per heavy atom. The molecule has 11 heteroatoms. The Hall–Kier alpha value is -0.660. The first-order valence-corrected chi connectivity index (χ1v) is 10.3. The summed E-state index contributed by atoms with van der Waals surface area (Å²) in [5.41, 5.74) is -0.623. The van der Waals surface area contributed by atoms with Gasteiger partial charge in [-0.3, -0.25) is 14.7 Å². The second kappa shape index (κ2) is 11.2. The number of piperidine rings is 1. The van der Waals surface area contributed by atoms with Gasteiger partial charge in [0.2, 0.25) is 15.9 Å². The van der Waals surface area contributed by atoms with Crippen LogP contribution in [0.3, 0.4) is 0 Å². The second-order valence-corrected chi connectivity index (χ2v) is 8.80. The zero-order valence-corrected chi connectivity index (χ0v) is 19.4. The molecule has 1 aliphatic heterocycles. The molecule has 0 spiro atoms. The molecule has 1 heterocycles. The summed E-state index contributed by atoms with van der Waals surface area (Å²) in [4.78, 5) is 17.8. The lowest BCUT2D eigenvalue weighted by atomic mass is 10.1. The minimum atomic E-state index is -3.27. The predicted octanol–water partition coefficient (Wildman–Crippen LogP) is -0.692. The number of nitrogens with zero attached hydrogens (tertiary/aromatic N) is 2. The number of amides is 1. The number of hydrogen-bond donors (Lipinski definition) is 4. The maximum absolute atomic E-state index is 11.4. The molecule has 1 rings (SSSR count). The average Bonchev–Trinajstić information content (AvgIpc) is 2.50. The number of likely N-dealkylation sites (N-methyl/N-ethyl adjacent to an activating group) is 1. The quantitative estimate of drug-likeness (QED) is 0.207. The summed E-state index contributed by atoms with van der Waals surface area (Å²) in [5, 5.41) is 9.17. The van der Waals surface area contributed by atoms with E-state index in [1.165, 1.54) is 0 Å². The van der Waals surface area contributed by atoms with Crippen molar-refractivity contribution in [2.75, 3.05) is 46.5 Å². The maximum atomic E-state index is 11.4. The van der Waals surface area contributed by atoms with Crippen LogP contribution < -0.4 is 20.7 Å². The van der Waals surface area contributed by atoms with E-state index in [0.717, 1.165) is 32.2 Å². The van der Waals surface area contributed by atoms with E-state index in [-0.39, 0.29) is 35.9 Å². The summed E-state index contributed by atoms with van der Waals surface area (Å²) in [5.74, 6) is 0.678. The van der Waals surface area contributed by atoms with E-state index in [4.69, 9.17) is 0 Å². The Labute approximate surface area is 174 Å². The van der Waals surface area contributed by atoms with Crippen molar-refractivity contribution in [2.24, 2.45) is 4.99 Å². The second-order valence-electron chi connectivity index (χ2n) is 7.05. The highest BCUT2D eigenvalue weighted by atomic mass is 127. The van der Waals surface area contributed by atoms with E-state index in [1.54, 1.807) is 14.1 Å². The van der Waals surface area contributed by atoms with E-state index in [1.807, 2.05) is 13.8 Å². The van der Waals surface area contributed by atoms with E-state index in [0.29, 0.717) is 19.0 Å². The van der Waals surface area contributed by atoms with Crippen LogP contribution in [0.1, 0.15) is 26.7 Å². The van der Waals surface area contributed by atoms with Crippen molar-refractivity contribution in [1.82, 2.24) is 25.6 Å². The molecule has 154 valence electrons. The van der Waals surface area contributed by atoms with Crippen LogP contribution >= 0.6 is 24.0 Å². The third-order valence-electron chi connectivity index (χ3n) is 3.96. The fraction of sp³-hybridized carbons (Fsp3) is 0.867. The van der Waals surface area contributed by atoms with Gasteiger partial charge in [-0.05, 0) is 26.7 Å². The standard InChI is InChI=1S/C15H32N6O3S.HI/c1-15(2,20-25(5,23)24)11-18-14(17-4)19-12-6-8-21(9-7-12)10-13(22)16-3;/h12,20H,6-11H2,1-5H3,(H,16,22)(H2,17,18,19);1H. The number of aliphatic imine (C=N–C) groups is 1. The van der Waals surface area contributed by atoms with Gasteiger partial charge in [0.05, 0.1) is 12.8 Å².